The Morgan fingerprint density at radius 2 is 1.87 bits per heavy atom. The van der Waals surface area contributed by atoms with Gasteiger partial charge in [0.1, 0.15) is 5.75 Å². The molecule has 1 amide bonds. The van der Waals surface area contributed by atoms with E-state index >= 15 is 0 Å². The van der Waals surface area contributed by atoms with Gasteiger partial charge in [0.25, 0.3) is 5.91 Å². The van der Waals surface area contributed by atoms with E-state index in [1.54, 1.807) is 18.2 Å². The zero-order chi connectivity index (χ0) is 16.2. The first-order valence-corrected chi connectivity index (χ1v) is 8.02. The summed E-state index contributed by atoms with van der Waals surface area (Å²) in [5, 5.41) is 12.7. The van der Waals surface area contributed by atoms with Gasteiger partial charge in [-0.1, -0.05) is 36.4 Å². The van der Waals surface area contributed by atoms with Crippen molar-refractivity contribution in [3.63, 3.8) is 0 Å². The Bertz CT molecular complexity index is 699. The van der Waals surface area contributed by atoms with Crippen LogP contribution in [0.25, 0.3) is 0 Å². The summed E-state index contributed by atoms with van der Waals surface area (Å²) in [7, 11) is 0. The van der Waals surface area contributed by atoms with Gasteiger partial charge in [-0.15, -0.1) is 0 Å². The van der Waals surface area contributed by atoms with Crippen LogP contribution in [0.1, 0.15) is 28.4 Å². The first-order chi connectivity index (χ1) is 11.1. The minimum atomic E-state index is -0.229. The third-order valence-corrected chi connectivity index (χ3v) is 4.49. The summed E-state index contributed by atoms with van der Waals surface area (Å²) < 4.78 is 0. The number of nitrogens with zero attached hydrogens (tertiary/aromatic N) is 1. The maximum absolute atomic E-state index is 12.2. The lowest BCUT2D eigenvalue weighted by Gasteiger charge is -2.33. The molecule has 0 fully saturated rings. The summed E-state index contributed by atoms with van der Waals surface area (Å²) in [6, 6.07) is 15.4. The van der Waals surface area contributed by atoms with E-state index in [9.17, 15) is 9.90 Å². The number of para-hydroxylation sites is 1. The maximum Gasteiger partial charge on any atom is 0.255 e. The number of carbonyl (C=O) groups excluding carboxylic acids is 1. The zero-order valence-corrected chi connectivity index (χ0v) is 13.3. The van der Waals surface area contributed by atoms with E-state index in [-0.39, 0.29) is 17.7 Å². The van der Waals surface area contributed by atoms with E-state index in [1.807, 2.05) is 0 Å². The minimum Gasteiger partial charge on any atom is -0.507 e. The molecule has 0 saturated heterocycles. The maximum atomic E-state index is 12.2. The number of hydrogen-bond donors (Lipinski definition) is 2. The Hall–Kier alpha value is -2.33. The van der Waals surface area contributed by atoms with Crippen molar-refractivity contribution in [2.75, 3.05) is 13.1 Å². The second-order valence-electron chi connectivity index (χ2n) is 6.07. The van der Waals surface area contributed by atoms with Crippen LogP contribution in [0.3, 0.4) is 0 Å². The molecule has 4 nitrogen and oxygen atoms in total. The molecule has 0 aliphatic carbocycles. The highest BCUT2D eigenvalue weighted by atomic mass is 16.3. The van der Waals surface area contributed by atoms with Gasteiger partial charge in [0.15, 0.2) is 0 Å². The monoisotopic (exact) mass is 310 g/mol. The number of nitrogens with one attached hydrogen (secondary N) is 1. The molecular formula is C19H22N2O2. The van der Waals surface area contributed by atoms with E-state index in [2.05, 4.69) is 41.4 Å². The van der Waals surface area contributed by atoms with Crippen molar-refractivity contribution in [3.05, 3.63) is 65.2 Å². The SMILES string of the molecule is CC(CNC(=O)c1ccccc1O)N1CCc2ccccc2C1. The second kappa shape index (κ2) is 6.84. The summed E-state index contributed by atoms with van der Waals surface area (Å²) in [6.07, 6.45) is 1.05. The minimum absolute atomic E-state index is 0.0181. The van der Waals surface area contributed by atoms with E-state index in [0.717, 1.165) is 19.5 Å². The molecule has 2 aromatic rings. The predicted molar refractivity (Wildman–Crippen MR) is 90.5 cm³/mol. The highest BCUT2D eigenvalue weighted by Crippen LogP contribution is 2.20. The van der Waals surface area contributed by atoms with Gasteiger partial charge >= 0.3 is 0 Å². The Balaban J connectivity index is 1.57. The summed E-state index contributed by atoms with van der Waals surface area (Å²) in [4.78, 5) is 14.5. The Morgan fingerprint density at radius 3 is 2.65 bits per heavy atom. The van der Waals surface area contributed by atoms with Gasteiger partial charge in [0.2, 0.25) is 0 Å². The molecule has 1 unspecified atom stereocenters. The molecule has 0 bridgehead atoms. The van der Waals surface area contributed by atoms with Gasteiger partial charge in [-0.05, 0) is 36.6 Å². The molecule has 2 aromatic carbocycles. The average Bonchev–Trinajstić information content (AvgIpc) is 2.59. The number of hydrogen-bond acceptors (Lipinski definition) is 3. The summed E-state index contributed by atoms with van der Waals surface area (Å²) >= 11 is 0. The number of phenols is 1. The normalized spacial score (nSPS) is 15.7. The van der Waals surface area contributed by atoms with Crippen LogP contribution in [0, 0.1) is 0 Å². The topological polar surface area (TPSA) is 52.6 Å². The van der Waals surface area contributed by atoms with Crippen LogP contribution in [0.15, 0.2) is 48.5 Å². The summed E-state index contributed by atoms with van der Waals surface area (Å²) in [6.45, 7) is 4.61. The predicted octanol–water partition coefficient (Wildman–Crippen LogP) is 2.57. The van der Waals surface area contributed by atoms with Crippen molar-refractivity contribution in [2.24, 2.45) is 0 Å². The van der Waals surface area contributed by atoms with Crippen LogP contribution in [-0.2, 0) is 13.0 Å². The van der Waals surface area contributed by atoms with Gasteiger partial charge < -0.3 is 10.4 Å². The third-order valence-electron chi connectivity index (χ3n) is 4.49. The van der Waals surface area contributed by atoms with Gasteiger partial charge in [0, 0.05) is 25.7 Å². The van der Waals surface area contributed by atoms with Gasteiger partial charge in [-0.2, -0.15) is 0 Å². The fraction of sp³-hybridized carbons (Fsp3) is 0.316. The van der Waals surface area contributed by atoms with Crippen LogP contribution in [0.5, 0.6) is 5.75 Å². The third kappa shape index (κ3) is 3.54. The lowest BCUT2D eigenvalue weighted by atomic mass is 9.99. The number of aromatic hydroxyl groups is 1. The molecule has 2 N–H and O–H groups in total. The van der Waals surface area contributed by atoms with E-state index in [1.165, 1.54) is 17.2 Å². The molecule has 1 atom stereocenters. The zero-order valence-electron chi connectivity index (χ0n) is 13.3. The lowest BCUT2D eigenvalue weighted by Crippen LogP contribution is -2.44. The second-order valence-corrected chi connectivity index (χ2v) is 6.07. The van der Waals surface area contributed by atoms with Gasteiger partial charge in [-0.25, -0.2) is 0 Å². The molecule has 0 radical (unpaired) electrons. The number of amides is 1. The number of rotatable bonds is 4. The van der Waals surface area contributed by atoms with Crippen molar-refractivity contribution in [2.45, 2.75) is 25.9 Å². The Morgan fingerprint density at radius 1 is 1.17 bits per heavy atom. The molecule has 0 saturated carbocycles. The highest BCUT2D eigenvalue weighted by molar-refractivity contribution is 5.96. The standard InChI is InChI=1S/C19H22N2O2/c1-14(12-20-19(23)17-8-4-5-9-18(17)22)21-11-10-15-6-2-3-7-16(15)13-21/h2-9,14,22H,10-13H2,1H3,(H,20,23). The molecule has 3 rings (SSSR count). The number of phenolic OH excluding ortho intramolecular Hbond substituents is 1. The fourth-order valence-electron chi connectivity index (χ4n) is 3.02. The summed E-state index contributed by atoms with van der Waals surface area (Å²) in [5.74, 6) is -0.211. The molecular weight excluding hydrogens is 288 g/mol. The molecule has 1 aliphatic heterocycles. The largest absolute Gasteiger partial charge is 0.507 e. The molecule has 23 heavy (non-hydrogen) atoms. The Kier molecular flexibility index (Phi) is 4.63. The highest BCUT2D eigenvalue weighted by Gasteiger charge is 2.21. The van der Waals surface area contributed by atoms with Gasteiger partial charge in [-0.3, -0.25) is 9.69 Å². The Labute approximate surface area is 136 Å². The number of fused-ring (bicyclic) bond motifs is 1. The van der Waals surface area contributed by atoms with E-state index in [4.69, 9.17) is 0 Å². The van der Waals surface area contributed by atoms with Crippen LogP contribution in [-0.4, -0.2) is 35.0 Å². The van der Waals surface area contributed by atoms with Gasteiger partial charge in [0.05, 0.1) is 5.56 Å². The van der Waals surface area contributed by atoms with Crippen molar-refractivity contribution >= 4 is 5.91 Å². The van der Waals surface area contributed by atoms with Crippen molar-refractivity contribution in [1.29, 1.82) is 0 Å². The van der Waals surface area contributed by atoms with Crippen molar-refractivity contribution in [1.82, 2.24) is 10.2 Å². The molecule has 0 aromatic heterocycles. The smallest absolute Gasteiger partial charge is 0.255 e. The van der Waals surface area contributed by atoms with E-state index in [0.29, 0.717) is 12.1 Å². The molecule has 1 aliphatic rings. The molecule has 120 valence electrons. The van der Waals surface area contributed by atoms with Crippen LogP contribution < -0.4 is 5.32 Å². The lowest BCUT2D eigenvalue weighted by molar-refractivity contribution is 0.0930. The van der Waals surface area contributed by atoms with Crippen LogP contribution >= 0.6 is 0 Å². The fourth-order valence-corrected chi connectivity index (χ4v) is 3.02. The average molecular weight is 310 g/mol. The van der Waals surface area contributed by atoms with Crippen molar-refractivity contribution in [3.8, 4) is 5.75 Å². The molecule has 0 spiro atoms. The van der Waals surface area contributed by atoms with E-state index < -0.39 is 0 Å². The quantitative estimate of drug-likeness (QED) is 0.912. The van der Waals surface area contributed by atoms with Crippen LogP contribution in [0.2, 0.25) is 0 Å². The van der Waals surface area contributed by atoms with Crippen LogP contribution in [0.4, 0.5) is 0 Å². The first-order valence-electron chi connectivity index (χ1n) is 8.02. The number of benzene rings is 2. The molecule has 4 heteroatoms. The molecule has 1 heterocycles. The first kappa shape index (κ1) is 15.6. The summed E-state index contributed by atoms with van der Waals surface area (Å²) in [5.41, 5.74) is 3.12. The van der Waals surface area contributed by atoms with Crippen molar-refractivity contribution < 1.29 is 9.90 Å². The number of carbonyl (C=O) groups is 1.